The minimum Gasteiger partial charge on any atom is -0.203 e. The second kappa shape index (κ2) is 6.75. The van der Waals surface area contributed by atoms with Gasteiger partial charge in [0.15, 0.2) is 5.84 Å². The van der Waals surface area contributed by atoms with Crippen molar-refractivity contribution in [3.63, 3.8) is 0 Å². The predicted octanol–water partition coefficient (Wildman–Crippen LogP) is 4.18. The summed E-state index contributed by atoms with van der Waals surface area (Å²) >= 11 is 5.67. The van der Waals surface area contributed by atoms with E-state index >= 15 is 0 Å². The zero-order valence-corrected chi connectivity index (χ0v) is 14.2. The minimum absolute atomic E-state index is 0.511. The van der Waals surface area contributed by atoms with Gasteiger partial charge in [-0.25, -0.2) is 10.0 Å². The number of anilines is 2. The summed E-state index contributed by atoms with van der Waals surface area (Å²) < 4.78 is 0. The largest absolute Gasteiger partial charge is 0.222 e. The van der Waals surface area contributed by atoms with Crippen LogP contribution in [0.3, 0.4) is 0 Å². The Morgan fingerprint density at radius 2 is 1.08 bits per heavy atom. The number of hydrazone groups is 1. The van der Waals surface area contributed by atoms with Gasteiger partial charge in [0.1, 0.15) is 0 Å². The van der Waals surface area contributed by atoms with Gasteiger partial charge in [-0.05, 0) is 36.5 Å². The van der Waals surface area contributed by atoms with Gasteiger partial charge in [-0.2, -0.15) is 0 Å². The van der Waals surface area contributed by atoms with Crippen molar-refractivity contribution in [2.75, 3.05) is 10.0 Å². The van der Waals surface area contributed by atoms with Crippen molar-refractivity contribution in [2.24, 2.45) is 5.10 Å². The van der Waals surface area contributed by atoms with E-state index in [9.17, 15) is 0 Å². The van der Waals surface area contributed by atoms with E-state index in [2.05, 4.69) is 10.5 Å². The Bertz CT molecular complexity index is 895. The van der Waals surface area contributed by atoms with E-state index in [-0.39, 0.29) is 0 Å². The smallest absolute Gasteiger partial charge is 0.203 e. The number of nitrogens with zero attached hydrogens (tertiary/aromatic N) is 4. The van der Waals surface area contributed by atoms with Crippen LogP contribution in [0, 0.1) is 0 Å². The molecule has 1 radical (unpaired) electrons. The van der Waals surface area contributed by atoms with Crippen molar-refractivity contribution in [3.8, 4) is 0 Å². The third-order valence-corrected chi connectivity index (χ3v) is 4.13. The molecule has 25 heavy (non-hydrogen) atoms. The van der Waals surface area contributed by atoms with Gasteiger partial charge in [0.2, 0.25) is 5.11 Å². The van der Waals surface area contributed by atoms with E-state index < -0.39 is 0 Å². The van der Waals surface area contributed by atoms with Crippen molar-refractivity contribution >= 4 is 34.5 Å². The minimum atomic E-state index is 0.511. The molecule has 1 aliphatic heterocycles. The number of hydrogen-bond donors (Lipinski definition) is 0. The zero-order chi connectivity index (χ0) is 17.1. The van der Waals surface area contributed by atoms with Crippen LogP contribution in [-0.2, 0) is 0 Å². The molecule has 0 saturated carbocycles. The Kier molecular flexibility index (Phi) is 4.14. The van der Waals surface area contributed by atoms with Crippen molar-refractivity contribution in [2.45, 2.75) is 0 Å². The molecule has 0 saturated heterocycles. The first kappa shape index (κ1) is 15.4. The molecule has 0 unspecified atom stereocenters. The van der Waals surface area contributed by atoms with Crippen molar-refractivity contribution in [1.82, 2.24) is 5.43 Å². The fourth-order valence-electron chi connectivity index (χ4n) is 2.56. The molecule has 5 heteroatoms. The lowest BCUT2D eigenvalue weighted by Crippen LogP contribution is -2.52. The number of thiocarbonyl (C=S) groups is 1. The lowest BCUT2D eigenvalue weighted by molar-refractivity contribution is 0.876. The van der Waals surface area contributed by atoms with Crippen molar-refractivity contribution < 1.29 is 0 Å². The van der Waals surface area contributed by atoms with Gasteiger partial charge in [-0.1, -0.05) is 66.7 Å². The lowest BCUT2D eigenvalue weighted by atomic mass is 10.2. The summed E-state index contributed by atoms with van der Waals surface area (Å²) in [6.07, 6.45) is 0. The van der Waals surface area contributed by atoms with Gasteiger partial charge in [-0.15, -0.1) is 10.5 Å². The normalized spacial score (nSPS) is 14.1. The maximum atomic E-state index is 5.67. The summed E-state index contributed by atoms with van der Waals surface area (Å²) in [6, 6.07) is 29.6. The average Bonchev–Trinajstić information content (AvgIpc) is 2.70. The summed E-state index contributed by atoms with van der Waals surface area (Å²) in [6.45, 7) is 0. The first-order chi connectivity index (χ1) is 12.3. The first-order valence-electron chi connectivity index (χ1n) is 7.93. The van der Waals surface area contributed by atoms with Gasteiger partial charge in [-0.3, -0.25) is 0 Å². The highest BCUT2D eigenvalue weighted by Crippen LogP contribution is 2.24. The highest BCUT2D eigenvalue weighted by Gasteiger charge is 2.28. The van der Waals surface area contributed by atoms with Crippen LogP contribution in [-0.4, -0.2) is 10.9 Å². The van der Waals surface area contributed by atoms with Gasteiger partial charge in [0.25, 0.3) is 0 Å². The van der Waals surface area contributed by atoms with Crippen LogP contribution in [0.2, 0.25) is 0 Å². The Balaban J connectivity index is 1.80. The Labute approximate surface area is 152 Å². The molecule has 0 atom stereocenters. The maximum Gasteiger partial charge on any atom is 0.222 e. The molecule has 3 aromatic rings. The Morgan fingerprint density at radius 3 is 1.64 bits per heavy atom. The molecule has 0 fully saturated rings. The molecule has 3 aromatic carbocycles. The van der Waals surface area contributed by atoms with E-state index in [0.29, 0.717) is 10.9 Å². The van der Waals surface area contributed by atoms with Gasteiger partial charge in [0, 0.05) is 5.56 Å². The van der Waals surface area contributed by atoms with E-state index in [1.54, 1.807) is 10.0 Å². The van der Waals surface area contributed by atoms with Crippen molar-refractivity contribution in [3.05, 3.63) is 96.6 Å². The fraction of sp³-hybridized carbons (Fsp3) is 0. The van der Waals surface area contributed by atoms with E-state index in [4.69, 9.17) is 12.2 Å². The number of hydrogen-bond acceptors (Lipinski definition) is 2. The number of rotatable bonds is 3. The summed E-state index contributed by atoms with van der Waals surface area (Å²) in [4.78, 5) is 0. The third kappa shape index (κ3) is 3.09. The molecule has 0 amide bonds. The SMILES string of the molecule is S=C1N(c2ccccc2)[N]C(c2ccccc2)=NN1c1ccccc1. The van der Waals surface area contributed by atoms with Gasteiger partial charge >= 0.3 is 0 Å². The Morgan fingerprint density at radius 1 is 0.600 bits per heavy atom. The van der Waals surface area contributed by atoms with Gasteiger partial charge in [0.05, 0.1) is 11.4 Å². The molecule has 0 aromatic heterocycles. The molecule has 121 valence electrons. The van der Waals surface area contributed by atoms with E-state index in [1.807, 2.05) is 91.0 Å². The summed E-state index contributed by atoms with van der Waals surface area (Å²) in [5.41, 5.74) is 7.42. The maximum absolute atomic E-state index is 5.67. The second-order valence-corrected chi connectivity index (χ2v) is 5.83. The monoisotopic (exact) mass is 343 g/mol. The summed E-state index contributed by atoms with van der Waals surface area (Å²) in [7, 11) is 0. The predicted molar refractivity (Wildman–Crippen MR) is 106 cm³/mol. The molecular weight excluding hydrogens is 328 g/mol. The fourth-order valence-corrected chi connectivity index (χ4v) is 2.85. The lowest BCUT2D eigenvalue weighted by Gasteiger charge is -2.34. The van der Waals surface area contributed by atoms with Crippen molar-refractivity contribution in [1.29, 1.82) is 0 Å². The van der Waals surface area contributed by atoms with Crippen LogP contribution >= 0.6 is 12.2 Å². The Hall–Kier alpha value is -3.18. The molecule has 4 rings (SSSR count). The van der Waals surface area contributed by atoms with Crippen LogP contribution < -0.4 is 15.4 Å². The molecule has 1 heterocycles. The summed E-state index contributed by atoms with van der Waals surface area (Å²) in [5.74, 6) is 0.613. The van der Waals surface area contributed by atoms with Crippen LogP contribution in [0.1, 0.15) is 5.56 Å². The average molecular weight is 343 g/mol. The summed E-state index contributed by atoms with van der Waals surface area (Å²) in [5, 5.41) is 8.69. The molecule has 0 aliphatic carbocycles. The zero-order valence-electron chi connectivity index (χ0n) is 13.4. The van der Waals surface area contributed by atoms with E-state index in [0.717, 1.165) is 16.9 Å². The van der Waals surface area contributed by atoms with Crippen LogP contribution in [0.25, 0.3) is 0 Å². The topological polar surface area (TPSA) is 32.9 Å². The molecule has 4 nitrogen and oxygen atoms in total. The number of benzene rings is 3. The second-order valence-electron chi connectivity index (χ2n) is 5.47. The molecular formula is C20H15N4S. The molecule has 0 bridgehead atoms. The van der Waals surface area contributed by atoms with Crippen LogP contribution in [0.15, 0.2) is 96.1 Å². The third-order valence-electron chi connectivity index (χ3n) is 3.79. The highest BCUT2D eigenvalue weighted by molar-refractivity contribution is 7.80. The molecule has 0 N–H and O–H groups in total. The molecule has 0 spiro atoms. The molecule has 1 aliphatic rings. The number of amidine groups is 1. The van der Waals surface area contributed by atoms with E-state index in [1.165, 1.54) is 0 Å². The highest BCUT2D eigenvalue weighted by atomic mass is 32.1. The quantitative estimate of drug-likeness (QED) is 0.669. The van der Waals surface area contributed by atoms with Crippen LogP contribution in [0.5, 0.6) is 0 Å². The number of para-hydroxylation sites is 2. The van der Waals surface area contributed by atoms with Gasteiger partial charge < -0.3 is 0 Å². The van der Waals surface area contributed by atoms with Crippen LogP contribution in [0.4, 0.5) is 11.4 Å². The standard InChI is InChI=1S/C20H15N4S/c25-20-23(17-12-6-2-7-13-17)21-19(16-10-4-1-5-11-16)22-24(20)18-14-8-3-9-15-18/h1-15H. The first-order valence-corrected chi connectivity index (χ1v) is 8.34.